The minimum atomic E-state index is 0.466. The van der Waals surface area contributed by atoms with Crippen LogP contribution in [0, 0.1) is 5.92 Å². The lowest BCUT2D eigenvalue weighted by atomic mass is 9.98. The molecule has 0 spiro atoms. The Balaban J connectivity index is 2.35. The van der Waals surface area contributed by atoms with E-state index in [9.17, 15) is 0 Å². The molecule has 2 nitrogen and oxygen atoms in total. The van der Waals surface area contributed by atoms with Crippen molar-refractivity contribution in [3.8, 4) is 0 Å². The first kappa shape index (κ1) is 8.02. The molecule has 2 atom stereocenters. The monoisotopic (exact) mass is 143 g/mol. The van der Waals surface area contributed by atoms with Gasteiger partial charge >= 0.3 is 0 Å². The van der Waals surface area contributed by atoms with Gasteiger partial charge in [0.15, 0.2) is 0 Å². The lowest BCUT2D eigenvalue weighted by molar-refractivity contribution is 0.0208. The zero-order chi connectivity index (χ0) is 7.56. The maximum absolute atomic E-state index is 5.29. The molecule has 1 aliphatic rings. The molecule has 0 aromatic carbocycles. The Kier molecular flexibility index (Phi) is 2.69. The molecule has 0 saturated carbocycles. The first-order chi connectivity index (χ1) is 4.72. The molecule has 1 fully saturated rings. The molecule has 0 bridgehead atoms. The highest BCUT2D eigenvalue weighted by Crippen LogP contribution is 2.16. The van der Waals surface area contributed by atoms with Gasteiger partial charge in [-0.3, -0.25) is 0 Å². The van der Waals surface area contributed by atoms with Gasteiger partial charge in [-0.15, -0.1) is 0 Å². The number of ether oxygens (including phenoxy) is 1. The minimum Gasteiger partial charge on any atom is -0.380 e. The average Bonchev–Trinajstić information content (AvgIpc) is 1.85. The van der Waals surface area contributed by atoms with Crippen molar-refractivity contribution in [2.45, 2.75) is 19.4 Å². The molecule has 0 aromatic rings. The number of likely N-dealkylation sites (N-methyl/N-ethyl adjacent to an activating group) is 1. The van der Waals surface area contributed by atoms with Crippen molar-refractivity contribution >= 4 is 0 Å². The second-order valence-electron chi connectivity index (χ2n) is 3.42. The third-order valence-electron chi connectivity index (χ3n) is 2.14. The number of piperidine rings is 1. The predicted molar refractivity (Wildman–Crippen MR) is 42.1 cm³/mol. The molecule has 0 aliphatic carbocycles. The number of methoxy groups -OCH3 is 1. The van der Waals surface area contributed by atoms with Crippen LogP contribution in [0.5, 0.6) is 0 Å². The van der Waals surface area contributed by atoms with E-state index >= 15 is 0 Å². The second-order valence-corrected chi connectivity index (χ2v) is 3.42. The molecule has 0 aromatic heterocycles. The normalized spacial score (nSPS) is 36.3. The van der Waals surface area contributed by atoms with Gasteiger partial charge in [0.1, 0.15) is 0 Å². The van der Waals surface area contributed by atoms with E-state index in [1.165, 1.54) is 13.0 Å². The van der Waals surface area contributed by atoms with Crippen LogP contribution in [0.1, 0.15) is 13.3 Å². The Morgan fingerprint density at radius 3 is 2.60 bits per heavy atom. The smallest absolute Gasteiger partial charge is 0.0701 e. The van der Waals surface area contributed by atoms with Crippen LogP contribution in [0.25, 0.3) is 0 Å². The van der Waals surface area contributed by atoms with Crippen LogP contribution in [0.15, 0.2) is 0 Å². The fourth-order valence-corrected chi connectivity index (χ4v) is 1.72. The van der Waals surface area contributed by atoms with E-state index < -0.39 is 0 Å². The van der Waals surface area contributed by atoms with Gasteiger partial charge in [-0.25, -0.2) is 0 Å². The summed E-state index contributed by atoms with van der Waals surface area (Å²) in [5.74, 6) is 0.795. The maximum atomic E-state index is 5.29. The van der Waals surface area contributed by atoms with Crippen LogP contribution < -0.4 is 0 Å². The van der Waals surface area contributed by atoms with Gasteiger partial charge in [0, 0.05) is 20.2 Å². The summed E-state index contributed by atoms with van der Waals surface area (Å²) in [7, 11) is 3.96. The maximum Gasteiger partial charge on any atom is 0.0701 e. The first-order valence-corrected chi connectivity index (χ1v) is 3.93. The van der Waals surface area contributed by atoms with Crippen LogP contribution in [0.4, 0.5) is 0 Å². The van der Waals surface area contributed by atoms with E-state index in [4.69, 9.17) is 4.74 Å². The summed E-state index contributed by atoms with van der Waals surface area (Å²) in [4.78, 5) is 2.34. The van der Waals surface area contributed by atoms with Gasteiger partial charge in [-0.2, -0.15) is 0 Å². The number of hydrogen-bond acceptors (Lipinski definition) is 2. The summed E-state index contributed by atoms with van der Waals surface area (Å²) < 4.78 is 5.29. The van der Waals surface area contributed by atoms with Crippen LogP contribution in [0.2, 0.25) is 0 Å². The molecule has 0 amide bonds. The highest BCUT2D eigenvalue weighted by Gasteiger charge is 2.21. The molecular weight excluding hydrogens is 126 g/mol. The zero-order valence-corrected chi connectivity index (χ0v) is 7.13. The molecule has 2 unspecified atom stereocenters. The Morgan fingerprint density at radius 1 is 1.40 bits per heavy atom. The highest BCUT2D eigenvalue weighted by molar-refractivity contribution is 4.74. The lowest BCUT2D eigenvalue weighted by Gasteiger charge is -2.32. The van der Waals surface area contributed by atoms with Crippen molar-refractivity contribution in [3.63, 3.8) is 0 Å². The van der Waals surface area contributed by atoms with Crippen LogP contribution in [0.3, 0.4) is 0 Å². The van der Waals surface area contributed by atoms with Crippen LogP contribution in [-0.2, 0) is 4.74 Å². The van der Waals surface area contributed by atoms with Crippen molar-refractivity contribution < 1.29 is 4.74 Å². The summed E-state index contributed by atoms with van der Waals surface area (Å²) in [6.07, 6.45) is 1.69. The predicted octanol–water partition coefficient (Wildman–Crippen LogP) is 0.973. The van der Waals surface area contributed by atoms with E-state index in [2.05, 4.69) is 18.9 Å². The number of likely N-dealkylation sites (tertiary alicyclic amines) is 1. The summed E-state index contributed by atoms with van der Waals surface area (Å²) >= 11 is 0. The van der Waals surface area contributed by atoms with E-state index in [-0.39, 0.29) is 0 Å². The number of hydrogen-bond donors (Lipinski definition) is 0. The van der Waals surface area contributed by atoms with Crippen molar-refractivity contribution in [3.05, 3.63) is 0 Å². The lowest BCUT2D eigenvalue weighted by Crippen LogP contribution is -2.40. The van der Waals surface area contributed by atoms with Crippen molar-refractivity contribution in [1.29, 1.82) is 0 Å². The minimum absolute atomic E-state index is 0.466. The molecular formula is C8H17NO. The van der Waals surface area contributed by atoms with Crippen LogP contribution >= 0.6 is 0 Å². The summed E-state index contributed by atoms with van der Waals surface area (Å²) in [5.41, 5.74) is 0. The van der Waals surface area contributed by atoms with Gasteiger partial charge in [0.05, 0.1) is 6.10 Å². The largest absolute Gasteiger partial charge is 0.380 e. The average molecular weight is 143 g/mol. The van der Waals surface area contributed by atoms with Crippen molar-refractivity contribution in [2.24, 2.45) is 5.92 Å². The first-order valence-electron chi connectivity index (χ1n) is 3.93. The van der Waals surface area contributed by atoms with Gasteiger partial charge in [0.25, 0.3) is 0 Å². The summed E-state index contributed by atoms with van der Waals surface area (Å²) in [5, 5.41) is 0. The summed E-state index contributed by atoms with van der Waals surface area (Å²) in [6.45, 7) is 4.60. The molecule has 0 radical (unpaired) electrons. The second kappa shape index (κ2) is 3.35. The zero-order valence-electron chi connectivity index (χ0n) is 7.13. The topological polar surface area (TPSA) is 12.5 Å². The van der Waals surface area contributed by atoms with Gasteiger partial charge in [-0.05, 0) is 19.4 Å². The Morgan fingerprint density at radius 2 is 2.10 bits per heavy atom. The molecule has 60 valence electrons. The highest BCUT2D eigenvalue weighted by atomic mass is 16.5. The fourth-order valence-electron chi connectivity index (χ4n) is 1.72. The van der Waals surface area contributed by atoms with Gasteiger partial charge in [0.2, 0.25) is 0 Å². The molecule has 0 N–H and O–H groups in total. The van der Waals surface area contributed by atoms with Crippen molar-refractivity contribution in [2.75, 3.05) is 27.2 Å². The summed E-state index contributed by atoms with van der Waals surface area (Å²) in [6, 6.07) is 0. The standard InChI is InChI=1S/C8H17NO/c1-7-4-8(10-3)6-9(2)5-7/h7-8H,4-6H2,1-3H3. The molecule has 1 aliphatic heterocycles. The number of rotatable bonds is 1. The molecule has 1 heterocycles. The number of nitrogens with zero attached hydrogens (tertiary/aromatic N) is 1. The molecule has 2 heteroatoms. The quantitative estimate of drug-likeness (QED) is 0.542. The van der Waals surface area contributed by atoms with E-state index in [1.807, 2.05) is 0 Å². The van der Waals surface area contributed by atoms with Gasteiger partial charge < -0.3 is 9.64 Å². The van der Waals surface area contributed by atoms with E-state index in [0.717, 1.165) is 12.5 Å². The van der Waals surface area contributed by atoms with Crippen molar-refractivity contribution in [1.82, 2.24) is 4.90 Å². The molecule has 10 heavy (non-hydrogen) atoms. The molecule has 1 saturated heterocycles. The third kappa shape index (κ3) is 1.96. The third-order valence-corrected chi connectivity index (χ3v) is 2.14. The molecule has 1 rings (SSSR count). The SMILES string of the molecule is COC1CC(C)CN(C)C1. The Hall–Kier alpha value is -0.0800. The fraction of sp³-hybridized carbons (Fsp3) is 1.00. The van der Waals surface area contributed by atoms with E-state index in [0.29, 0.717) is 6.10 Å². The van der Waals surface area contributed by atoms with Gasteiger partial charge in [-0.1, -0.05) is 6.92 Å². The Labute approximate surface area is 63.2 Å². The van der Waals surface area contributed by atoms with Crippen LogP contribution in [-0.4, -0.2) is 38.3 Å². The Bertz CT molecular complexity index is 95.4. The van der Waals surface area contributed by atoms with E-state index in [1.54, 1.807) is 7.11 Å².